The first kappa shape index (κ1) is 23.1. The van der Waals surface area contributed by atoms with Crippen molar-refractivity contribution in [2.45, 2.75) is 6.42 Å². The lowest BCUT2D eigenvalue weighted by molar-refractivity contribution is -0.120. The molecule has 0 aliphatic rings. The number of hydrogen-bond acceptors (Lipinski definition) is 7. The summed E-state index contributed by atoms with van der Waals surface area (Å²) in [5, 5.41) is 18.1. The fraction of sp³-hybridized carbons (Fsp3) is 0.185. The summed E-state index contributed by atoms with van der Waals surface area (Å²) in [6.07, 6.45) is 0.307. The van der Waals surface area contributed by atoms with Gasteiger partial charge in [-0.05, 0) is 40.6 Å². The molecular formula is C27H25N5O4. The molecule has 9 nitrogen and oxygen atoms in total. The zero-order chi connectivity index (χ0) is 24.9. The second-order valence-corrected chi connectivity index (χ2v) is 8.05. The molecule has 0 saturated carbocycles. The predicted molar refractivity (Wildman–Crippen MR) is 135 cm³/mol. The Labute approximate surface area is 207 Å². The van der Waals surface area contributed by atoms with Crippen molar-refractivity contribution in [3.8, 4) is 28.8 Å². The van der Waals surface area contributed by atoms with Gasteiger partial charge in [0.25, 0.3) is 0 Å². The summed E-state index contributed by atoms with van der Waals surface area (Å²) in [5.41, 5.74) is 2.34. The van der Waals surface area contributed by atoms with Crippen molar-refractivity contribution >= 4 is 22.3 Å². The van der Waals surface area contributed by atoms with Crippen molar-refractivity contribution in [2.24, 2.45) is 0 Å². The van der Waals surface area contributed by atoms with Crippen molar-refractivity contribution in [3.63, 3.8) is 0 Å². The molecule has 0 aliphatic carbocycles. The second-order valence-electron chi connectivity index (χ2n) is 8.05. The molecule has 9 heteroatoms. The maximum absolute atomic E-state index is 12.5. The topological polar surface area (TPSA) is 99.9 Å². The van der Waals surface area contributed by atoms with Crippen LogP contribution < -0.4 is 19.5 Å². The maximum atomic E-state index is 12.5. The van der Waals surface area contributed by atoms with Crippen LogP contribution in [0.3, 0.4) is 0 Å². The van der Waals surface area contributed by atoms with Gasteiger partial charge in [-0.25, -0.2) is 0 Å². The number of carbonyl (C=O) groups excluding carboxylic acids is 1. The fourth-order valence-electron chi connectivity index (χ4n) is 4.03. The highest BCUT2D eigenvalue weighted by Crippen LogP contribution is 2.31. The molecule has 0 unspecified atom stereocenters. The molecule has 0 saturated heterocycles. The quantitative estimate of drug-likeness (QED) is 0.319. The molecule has 3 aromatic carbocycles. The van der Waals surface area contributed by atoms with Gasteiger partial charge in [0.05, 0.1) is 27.2 Å². The van der Waals surface area contributed by atoms with Crippen LogP contribution >= 0.6 is 0 Å². The molecule has 5 aromatic rings. The third-order valence-corrected chi connectivity index (χ3v) is 5.79. The third kappa shape index (κ3) is 4.76. The average Bonchev–Trinajstić information content (AvgIpc) is 3.34. The van der Waals surface area contributed by atoms with Crippen LogP contribution in [0, 0.1) is 0 Å². The van der Waals surface area contributed by atoms with Gasteiger partial charge in [0.15, 0.2) is 23.0 Å². The van der Waals surface area contributed by atoms with E-state index < -0.39 is 0 Å². The van der Waals surface area contributed by atoms with Crippen molar-refractivity contribution in [1.29, 1.82) is 0 Å². The Kier molecular flexibility index (Phi) is 6.61. The first-order chi connectivity index (χ1) is 17.7. The highest BCUT2D eigenvalue weighted by atomic mass is 16.5. The van der Waals surface area contributed by atoms with Crippen LogP contribution in [0.1, 0.15) is 5.56 Å². The number of aromatic nitrogens is 4. The number of fused-ring (bicyclic) bond motifs is 2. The molecule has 0 spiro atoms. The van der Waals surface area contributed by atoms with Crippen LogP contribution in [0.15, 0.2) is 72.8 Å². The van der Waals surface area contributed by atoms with Gasteiger partial charge in [-0.15, -0.1) is 15.3 Å². The second kappa shape index (κ2) is 10.3. The largest absolute Gasteiger partial charge is 0.493 e. The number of ether oxygens (including phenoxy) is 3. The van der Waals surface area contributed by atoms with E-state index in [4.69, 9.17) is 14.2 Å². The zero-order valence-electron chi connectivity index (χ0n) is 20.0. The molecule has 0 fully saturated rings. The number of rotatable bonds is 9. The monoisotopic (exact) mass is 483 g/mol. The van der Waals surface area contributed by atoms with Gasteiger partial charge >= 0.3 is 0 Å². The van der Waals surface area contributed by atoms with E-state index in [9.17, 15) is 4.79 Å². The molecule has 0 radical (unpaired) electrons. The van der Waals surface area contributed by atoms with E-state index in [0.29, 0.717) is 41.8 Å². The summed E-state index contributed by atoms with van der Waals surface area (Å²) in [6.45, 7) is 0.627. The van der Waals surface area contributed by atoms with Crippen molar-refractivity contribution < 1.29 is 19.0 Å². The average molecular weight is 484 g/mol. The number of benzene rings is 3. The molecule has 0 atom stereocenters. The third-order valence-electron chi connectivity index (χ3n) is 5.79. The highest BCUT2D eigenvalue weighted by Gasteiger charge is 2.14. The van der Waals surface area contributed by atoms with Gasteiger partial charge in [0.2, 0.25) is 11.8 Å². The van der Waals surface area contributed by atoms with Gasteiger partial charge in [-0.3, -0.25) is 4.79 Å². The van der Waals surface area contributed by atoms with Crippen LogP contribution in [0.4, 0.5) is 0 Å². The Morgan fingerprint density at radius 1 is 0.917 bits per heavy atom. The number of nitrogens with one attached hydrogen (secondary N) is 1. The summed E-state index contributed by atoms with van der Waals surface area (Å²) < 4.78 is 18.1. The van der Waals surface area contributed by atoms with E-state index in [1.165, 1.54) is 0 Å². The minimum atomic E-state index is -0.0621. The van der Waals surface area contributed by atoms with E-state index in [0.717, 1.165) is 21.9 Å². The van der Waals surface area contributed by atoms with E-state index >= 15 is 0 Å². The van der Waals surface area contributed by atoms with Gasteiger partial charge in [0, 0.05) is 11.6 Å². The Hall–Kier alpha value is -4.66. The Balaban J connectivity index is 1.22. The lowest BCUT2D eigenvalue weighted by Crippen LogP contribution is -2.29. The number of amides is 1. The lowest BCUT2D eigenvalue weighted by atomic mass is 10.0. The van der Waals surface area contributed by atoms with E-state index in [1.807, 2.05) is 54.6 Å². The summed E-state index contributed by atoms with van der Waals surface area (Å²) in [6, 6.07) is 23.0. The summed E-state index contributed by atoms with van der Waals surface area (Å²) >= 11 is 0. The molecule has 5 rings (SSSR count). The zero-order valence-corrected chi connectivity index (χ0v) is 20.0. The predicted octanol–water partition coefficient (Wildman–Crippen LogP) is 3.70. The standard InChI is InChI=1S/C27H25N5O4/c1-34-22-11-10-20(16-23(22)35-2)27-30-29-24-12-13-26(31-32(24)27)36-15-14-28-25(33)17-19-8-5-7-18-6-3-4-9-21(18)19/h3-13,16H,14-15,17H2,1-2H3,(H,28,33). The molecule has 1 amide bonds. The first-order valence-electron chi connectivity index (χ1n) is 11.5. The molecular weight excluding hydrogens is 458 g/mol. The Morgan fingerprint density at radius 3 is 2.61 bits per heavy atom. The Bertz CT molecular complexity index is 1530. The number of nitrogens with zero attached hydrogens (tertiary/aromatic N) is 4. The maximum Gasteiger partial charge on any atom is 0.231 e. The van der Waals surface area contributed by atoms with Gasteiger partial charge in [0.1, 0.15) is 6.61 Å². The normalized spacial score (nSPS) is 10.9. The number of methoxy groups -OCH3 is 2. The minimum Gasteiger partial charge on any atom is -0.493 e. The summed E-state index contributed by atoms with van der Waals surface area (Å²) in [7, 11) is 3.16. The van der Waals surface area contributed by atoms with Crippen molar-refractivity contribution in [2.75, 3.05) is 27.4 Å². The van der Waals surface area contributed by atoms with Crippen molar-refractivity contribution in [1.82, 2.24) is 25.1 Å². The molecule has 2 aromatic heterocycles. The van der Waals surface area contributed by atoms with Crippen LogP contribution in [0.2, 0.25) is 0 Å². The molecule has 182 valence electrons. The van der Waals surface area contributed by atoms with Gasteiger partial charge < -0.3 is 19.5 Å². The molecule has 1 N–H and O–H groups in total. The molecule has 0 bridgehead atoms. The highest BCUT2D eigenvalue weighted by molar-refractivity contribution is 5.90. The van der Waals surface area contributed by atoms with Crippen molar-refractivity contribution in [3.05, 3.63) is 78.4 Å². The van der Waals surface area contributed by atoms with E-state index in [2.05, 4.69) is 20.6 Å². The van der Waals surface area contributed by atoms with Crippen LogP contribution in [0.25, 0.3) is 27.8 Å². The Morgan fingerprint density at radius 2 is 1.75 bits per heavy atom. The molecule has 2 heterocycles. The SMILES string of the molecule is COc1ccc(-c2nnc3ccc(OCCNC(=O)Cc4cccc5ccccc45)nn23)cc1OC. The molecule has 0 aliphatic heterocycles. The first-order valence-corrected chi connectivity index (χ1v) is 11.5. The lowest BCUT2D eigenvalue weighted by Gasteiger charge is -2.10. The summed E-state index contributed by atoms with van der Waals surface area (Å²) in [5.74, 6) is 2.08. The van der Waals surface area contributed by atoms with Crippen LogP contribution in [0.5, 0.6) is 17.4 Å². The van der Waals surface area contributed by atoms with Crippen LogP contribution in [-0.4, -0.2) is 53.1 Å². The van der Waals surface area contributed by atoms with E-state index in [1.54, 1.807) is 36.9 Å². The summed E-state index contributed by atoms with van der Waals surface area (Å²) in [4.78, 5) is 12.5. The molecule has 36 heavy (non-hydrogen) atoms. The van der Waals surface area contributed by atoms with Gasteiger partial charge in [-0.2, -0.15) is 4.52 Å². The van der Waals surface area contributed by atoms with E-state index in [-0.39, 0.29) is 12.5 Å². The fourth-order valence-corrected chi connectivity index (χ4v) is 4.03. The van der Waals surface area contributed by atoms with Crippen LogP contribution in [-0.2, 0) is 11.2 Å². The number of carbonyl (C=O) groups is 1. The smallest absolute Gasteiger partial charge is 0.231 e. The van der Waals surface area contributed by atoms with Gasteiger partial charge in [-0.1, -0.05) is 42.5 Å². The number of hydrogen-bond donors (Lipinski definition) is 1. The minimum absolute atomic E-state index is 0.0621.